The molecule has 0 spiro atoms. The van der Waals surface area contributed by atoms with E-state index in [2.05, 4.69) is 10.6 Å². The maximum Gasteiger partial charge on any atom is 0.344 e. The molecule has 0 aliphatic heterocycles. The third-order valence-electron chi connectivity index (χ3n) is 5.03. The third kappa shape index (κ3) is 4.88. The number of carbonyl (C=O) groups excluding carboxylic acids is 1. The molecule has 0 aliphatic carbocycles. The molecular formula is C25H19ClN2O5S. The number of carbonyl (C=O) groups is 1. The maximum absolute atomic E-state index is 12.6. The van der Waals surface area contributed by atoms with E-state index >= 15 is 0 Å². The van der Waals surface area contributed by atoms with Crippen molar-refractivity contribution in [1.82, 2.24) is 5.32 Å². The van der Waals surface area contributed by atoms with Crippen molar-refractivity contribution >= 4 is 51.5 Å². The number of hydrogen-bond donors (Lipinski definition) is 2. The lowest BCUT2D eigenvalue weighted by Gasteiger charge is -2.13. The molecule has 0 bridgehead atoms. The van der Waals surface area contributed by atoms with Crippen molar-refractivity contribution < 1.29 is 18.7 Å². The number of nitrogens with one attached hydrogen (secondary N) is 2. The van der Waals surface area contributed by atoms with Crippen LogP contribution in [0.2, 0.25) is 5.02 Å². The molecule has 0 unspecified atom stereocenters. The molecule has 1 amide bonds. The normalized spacial score (nSPS) is 10.6. The van der Waals surface area contributed by atoms with Gasteiger partial charge in [0.15, 0.2) is 16.6 Å². The number of hydrogen-bond acceptors (Lipinski definition) is 6. The summed E-state index contributed by atoms with van der Waals surface area (Å²) in [5, 5.41) is 6.71. The van der Waals surface area contributed by atoms with Gasteiger partial charge in [-0.15, -0.1) is 0 Å². The fourth-order valence-corrected chi connectivity index (χ4v) is 3.87. The van der Waals surface area contributed by atoms with Crippen molar-refractivity contribution in [3.63, 3.8) is 0 Å². The first kappa shape index (κ1) is 23.3. The standard InChI is InChI=1S/C25H19ClN2O5S/c1-31-21-10-7-15(12-22(21)32-2)23(29)28-25(34)27-16-8-9-17(19(26)13-16)18-11-14-5-3-4-6-20(14)33-24(18)30/h3-13H,1-2H3,(H2,27,28,29,34). The van der Waals surface area contributed by atoms with Gasteiger partial charge in [-0.2, -0.15) is 0 Å². The molecule has 1 heterocycles. The van der Waals surface area contributed by atoms with Crippen LogP contribution in [0, 0.1) is 0 Å². The van der Waals surface area contributed by atoms with Crippen LogP contribution in [-0.4, -0.2) is 25.2 Å². The molecule has 0 saturated carbocycles. The Labute approximate surface area is 205 Å². The van der Waals surface area contributed by atoms with Gasteiger partial charge in [0.25, 0.3) is 5.91 Å². The summed E-state index contributed by atoms with van der Waals surface area (Å²) in [6.07, 6.45) is 0. The number of amides is 1. The monoisotopic (exact) mass is 494 g/mol. The molecule has 7 nitrogen and oxygen atoms in total. The largest absolute Gasteiger partial charge is 0.493 e. The summed E-state index contributed by atoms with van der Waals surface area (Å²) in [7, 11) is 3.00. The zero-order chi connectivity index (χ0) is 24.2. The summed E-state index contributed by atoms with van der Waals surface area (Å²) >= 11 is 11.7. The number of anilines is 1. The van der Waals surface area contributed by atoms with Gasteiger partial charge in [0.2, 0.25) is 0 Å². The molecule has 4 rings (SSSR count). The van der Waals surface area contributed by atoms with Crippen LogP contribution in [0.25, 0.3) is 22.1 Å². The van der Waals surface area contributed by atoms with Crippen LogP contribution >= 0.6 is 23.8 Å². The van der Waals surface area contributed by atoms with Gasteiger partial charge in [-0.05, 0) is 54.7 Å². The number of fused-ring (bicyclic) bond motifs is 1. The number of benzene rings is 3. The highest BCUT2D eigenvalue weighted by Crippen LogP contribution is 2.30. The van der Waals surface area contributed by atoms with Crippen molar-refractivity contribution in [3.8, 4) is 22.6 Å². The fraction of sp³-hybridized carbons (Fsp3) is 0.0800. The zero-order valence-corrected chi connectivity index (χ0v) is 19.8. The van der Waals surface area contributed by atoms with Crippen LogP contribution in [0.5, 0.6) is 11.5 Å². The minimum absolute atomic E-state index is 0.0776. The van der Waals surface area contributed by atoms with Gasteiger partial charge >= 0.3 is 5.63 Å². The second-order valence-electron chi connectivity index (χ2n) is 7.16. The molecule has 9 heteroatoms. The molecular weight excluding hydrogens is 476 g/mol. The quantitative estimate of drug-likeness (QED) is 0.289. The van der Waals surface area contributed by atoms with Crippen LogP contribution in [0.15, 0.2) is 75.9 Å². The number of ether oxygens (including phenoxy) is 2. The topological polar surface area (TPSA) is 89.8 Å². The molecule has 0 fully saturated rings. The Morgan fingerprint density at radius 1 is 0.941 bits per heavy atom. The van der Waals surface area contributed by atoms with Gasteiger partial charge in [-0.3, -0.25) is 10.1 Å². The number of rotatable bonds is 5. The molecule has 2 N–H and O–H groups in total. The molecule has 0 aliphatic rings. The smallest absolute Gasteiger partial charge is 0.344 e. The average Bonchev–Trinajstić information content (AvgIpc) is 2.83. The number of methoxy groups -OCH3 is 2. The highest BCUT2D eigenvalue weighted by Gasteiger charge is 2.14. The summed E-state index contributed by atoms with van der Waals surface area (Å²) in [5.74, 6) is 0.513. The SMILES string of the molecule is COc1ccc(C(=O)NC(=S)Nc2ccc(-c3cc4ccccc4oc3=O)c(Cl)c2)cc1OC. The van der Waals surface area contributed by atoms with Crippen LogP contribution in [0.1, 0.15) is 10.4 Å². The molecule has 3 aromatic carbocycles. The van der Waals surface area contributed by atoms with Gasteiger partial charge < -0.3 is 19.2 Å². The Bertz CT molecular complexity index is 1470. The lowest BCUT2D eigenvalue weighted by atomic mass is 10.1. The van der Waals surface area contributed by atoms with E-state index in [0.29, 0.717) is 44.5 Å². The van der Waals surface area contributed by atoms with E-state index in [9.17, 15) is 9.59 Å². The van der Waals surface area contributed by atoms with E-state index in [1.165, 1.54) is 14.2 Å². The van der Waals surface area contributed by atoms with Crippen molar-refractivity contribution in [1.29, 1.82) is 0 Å². The molecule has 0 radical (unpaired) electrons. The summed E-state index contributed by atoms with van der Waals surface area (Å²) < 4.78 is 15.8. The number of thiocarbonyl (C=S) groups is 1. The second-order valence-corrected chi connectivity index (χ2v) is 7.97. The van der Waals surface area contributed by atoms with Crippen LogP contribution in [0.4, 0.5) is 5.69 Å². The first-order valence-corrected chi connectivity index (χ1v) is 10.9. The predicted molar refractivity (Wildman–Crippen MR) is 136 cm³/mol. The third-order valence-corrected chi connectivity index (χ3v) is 5.55. The molecule has 1 aromatic heterocycles. The van der Waals surface area contributed by atoms with E-state index in [1.54, 1.807) is 54.6 Å². The number of halogens is 1. The Morgan fingerprint density at radius 3 is 2.44 bits per heavy atom. The highest BCUT2D eigenvalue weighted by molar-refractivity contribution is 7.80. The lowest BCUT2D eigenvalue weighted by Crippen LogP contribution is -2.34. The van der Waals surface area contributed by atoms with Crippen LogP contribution < -0.4 is 25.7 Å². The van der Waals surface area contributed by atoms with Gasteiger partial charge in [0.05, 0.1) is 24.8 Å². The summed E-state index contributed by atoms with van der Waals surface area (Å²) in [6.45, 7) is 0. The highest BCUT2D eigenvalue weighted by atomic mass is 35.5. The van der Waals surface area contributed by atoms with Crippen molar-refractivity contribution in [2.24, 2.45) is 0 Å². The molecule has 0 saturated heterocycles. The van der Waals surface area contributed by atoms with Gasteiger partial charge in [0, 0.05) is 22.2 Å². The first-order valence-electron chi connectivity index (χ1n) is 10.1. The Hall–Kier alpha value is -3.88. The minimum atomic E-state index is -0.487. The Balaban J connectivity index is 1.50. The Kier molecular flexibility index (Phi) is 6.81. The van der Waals surface area contributed by atoms with Gasteiger partial charge in [-0.1, -0.05) is 35.9 Å². The van der Waals surface area contributed by atoms with Crippen molar-refractivity contribution in [2.45, 2.75) is 0 Å². The molecule has 4 aromatic rings. The van der Waals surface area contributed by atoms with E-state index in [0.717, 1.165) is 5.39 Å². The fourth-order valence-electron chi connectivity index (χ4n) is 3.38. The minimum Gasteiger partial charge on any atom is -0.493 e. The Morgan fingerprint density at radius 2 is 1.71 bits per heavy atom. The van der Waals surface area contributed by atoms with Crippen LogP contribution in [-0.2, 0) is 0 Å². The predicted octanol–water partition coefficient (Wildman–Crippen LogP) is 5.26. The van der Waals surface area contributed by atoms with Gasteiger partial charge in [0.1, 0.15) is 5.58 Å². The molecule has 34 heavy (non-hydrogen) atoms. The molecule has 0 atom stereocenters. The van der Waals surface area contributed by atoms with Crippen molar-refractivity contribution in [2.75, 3.05) is 19.5 Å². The van der Waals surface area contributed by atoms with E-state index in [4.69, 9.17) is 37.7 Å². The number of para-hydroxylation sites is 1. The van der Waals surface area contributed by atoms with E-state index < -0.39 is 11.5 Å². The second kappa shape index (κ2) is 9.94. The zero-order valence-electron chi connectivity index (χ0n) is 18.2. The summed E-state index contributed by atoms with van der Waals surface area (Å²) in [6, 6.07) is 18.8. The van der Waals surface area contributed by atoms with E-state index in [1.807, 2.05) is 12.1 Å². The average molecular weight is 495 g/mol. The lowest BCUT2D eigenvalue weighted by molar-refractivity contribution is 0.0977. The van der Waals surface area contributed by atoms with E-state index in [-0.39, 0.29) is 5.11 Å². The molecule has 172 valence electrons. The first-order chi connectivity index (χ1) is 16.4. The van der Waals surface area contributed by atoms with Gasteiger partial charge in [-0.25, -0.2) is 4.79 Å². The van der Waals surface area contributed by atoms with Crippen LogP contribution in [0.3, 0.4) is 0 Å². The van der Waals surface area contributed by atoms with Crippen molar-refractivity contribution in [3.05, 3.63) is 87.7 Å². The summed E-state index contributed by atoms with van der Waals surface area (Å²) in [4.78, 5) is 25.0. The maximum atomic E-state index is 12.6. The summed E-state index contributed by atoms with van der Waals surface area (Å²) in [5.41, 5.74) is 1.77.